The van der Waals surface area contributed by atoms with Crippen molar-refractivity contribution in [2.24, 2.45) is 0 Å². The van der Waals surface area contributed by atoms with Crippen molar-refractivity contribution in [3.05, 3.63) is 48.0 Å². The average Bonchev–Trinajstić information content (AvgIpc) is 2.67. The third kappa shape index (κ3) is 5.64. The largest absolute Gasteiger partial charge is 0.497 e. The second-order valence-electron chi connectivity index (χ2n) is 5.84. The Labute approximate surface area is 158 Å². The first-order valence-corrected chi connectivity index (χ1v) is 8.37. The molecule has 0 radical (unpaired) electrons. The number of methoxy groups -OCH3 is 3. The number of carbonyl (C=O) groups excluding carboxylic acids is 2. The van der Waals surface area contributed by atoms with E-state index in [1.165, 1.54) is 11.8 Å². The third-order valence-corrected chi connectivity index (χ3v) is 3.97. The summed E-state index contributed by atoms with van der Waals surface area (Å²) >= 11 is 0. The highest BCUT2D eigenvalue weighted by Gasteiger charge is 2.15. The first-order valence-electron chi connectivity index (χ1n) is 8.37. The Bertz CT molecular complexity index is 789. The van der Waals surface area contributed by atoms with Crippen molar-refractivity contribution in [3.63, 3.8) is 0 Å². The van der Waals surface area contributed by atoms with Gasteiger partial charge in [-0.15, -0.1) is 0 Å². The van der Waals surface area contributed by atoms with Gasteiger partial charge in [-0.3, -0.25) is 9.59 Å². The molecule has 2 rings (SSSR count). The fourth-order valence-corrected chi connectivity index (χ4v) is 2.53. The van der Waals surface area contributed by atoms with Gasteiger partial charge in [0.05, 0.1) is 21.3 Å². The van der Waals surface area contributed by atoms with E-state index in [1.54, 1.807) is 57.7 Å². The van der Waals surface area contributed by atoms with Crippen LogP contribution in [0.1, 0.15) is 12.5 Å². The molecule has 0 unspecified atom stereocenters. The number of nitrogens with one attached hydrogen (secondary N) is 1. The molecule has 7 heteroatoms. The molecule has 0 spiro atoms. The minimum atomic E-state index is -0.282. The minimum absolute atomic E-state index is 0.0598. The van der Waals surface area contributed by atoms with Crippen LogP contribution in [0.3, 0.4) is 0 Å². The molecule has 0 fully saturated rings. The number of rotatable bonds is 8. The summed E-state index contributed by atoms with van der Waals surface area (Å²) in [6.07, 6.45) is 0. The van der Waals surface area contributed by atoms with E-state index in [0.29, 0.717) is 22.9 Å². The van der Waals surface area contributed by atoms with Gasteiger partial charge in [0.2, 0.25) is 11.8 Å². The Morgan fingerprint density at radius 1 is 0.926 bits per heavy atom. The molecule has 2 amide bonds. The predicted octanol–water partition coefficient (Wildman–Crippen LogP) is 2.70. The summed E-state index contributed by atoms with van der Waals surface area (Å²) in [6.45, 7) is 1.66. The van der Waals surface area contributed by atoms with Gasteiger partial charge in [-0.1, -0.05) is 6.07 Å². The second-order valence-corrected chi connectivity index (χ2v) is 5.84. The Kier molecular flexibility index (Phi) is 7.05. The van der Waals surface area contributed by atoms with Crippen LogP contribution in [0.5, 0.6) is 17.2 Å². The lowest BCUT2D eigenvalue weighted by molar-refractivity contribution is -0.133. The highest BCUT2D eigenvalue weighted by molar-refractivity contribution is 5.94. The molecule has 1 N–H and O–H groups in total. The van der Waals surface area contributed by atoms with Gasteiger partial charge in [-0.05, 0) is 42.0 Å². The summed E-state index contributed by atoms with van der Waals surface area (Å²) in [5, 5.41) is 2.77. The van der Waals surface area contributed by atoms with Crippen LogP contribution in [0.15, 0.2) is 42.5 Å². The summed E-state index contributed by atoms with van der Waals surface area (Å²) in [5.41, 5.74) is 1.47. The topological polar surface area (TPSA) is 77.1 Å². The number of benzene rings is 2. The first kappa shape index (κ1) is 20.1. The zero-order chi connectivity index (χ0) is 19.8. The summed E-state index contributed by atoms with van der Waals surface area (Å²) < 4.78 is 15.6. The number of amides is 2. The molecule has 0 atom stereocenters. The molecule has 0 saturated carbocycles. The smallest absolute Gasteiger partial charge is 0.244 e. The van der Waals surface area contributed by atoms with Crippen molar-refractivity contribution in [2.75, 3.05) is 33.2 Å². The minimum Gasteiger partial charge on any atom is -0.497 e. The van der Waals surface area contributed by atoms with Crippen LogP contribution in [0.2, 0.25) is 0 Å². The Hall–Kier alpha value is -3.22. The highest BCUT2D eigenvalue weighted by Crippen LogP contribution is 2.28. The van der Waals surface area contributed by atoms with Gasteiger partial charge in [-0.2, -0.15) is 0 Å². The Morgan fingerprint density at radius 2 is 1.59 bits per heavy atom. The quantitative estimate of drug-likeness (QED) is 0.771. The van der Waals surface area contributed by atoms with Gasteiger partial charge >= 0.3 is 0 Å². The molecule has 0 heterocycles. The molecular formula is C20H24N2O5. The summed E-state index contributed by atoms with van der Waals surface area (Å²) in [5.74, 6) is 1.39. The monoisotopic (exact) mass is 372 g/mol. The molecule has 0 aromatic heterocycles. The highest BCUT2D eigenvalue weighted by atomic mass is 16.5. The maximum atomic E-state index is 12.3. The molecule has 0 aliphatic rings. The van der Waals surface area contributed by atoms with Crippen molar-refractivity contribution in [2.45, 2.75) is 13.5 Å². The molecule has 7 nitrogen and oxygen atoms in total. The molecule has 0 aliphatic carbocycles. The van der Waals surface area contributed by atoms with E-state index in [1.807, 2.05) is 6.07 Å². The van der Waals surface area contributed by atoms with Crippen LogP contribution in [0, 0.1) is 0 Å². The van der Waals surface area contributed by atoms with Gasteiger partial charge in [0.1, 0.15) is 12.3 Å². The van der Waals surface area contributed by atoms with Gasteiger partial charge in [0, 0.05) is 19.2 Å². The van der Waals surface area contributed by atoms with Crippen LogP contribution in [0.25, 0.3) is 0 Å². The normalized spacial score (nSPS) is 10.1. The summed E-state index contributed by atoms with van der Waals surface area (Å²) in [4.78, 5) is 25.7. The van der Waals surface area contributed by atoms with E-state index < -0.39 is 0 Å². The number of hydrogen-bond acceptors (Lipinski definition) is 5. The van der Waals surface area contributed by atoms with Gasteiger partial charge in [-0.25, -0.2) is 0 Å². The predicted molar refractivity (Wildman–Crippen MR) is 102 cm³/mol. The maximum absolute atomic E-state index is 12.3. The lowest BCUT2D eigenvalue weighted by Crippen LogP contribution is -2.36. The number of carbonyl (C=O) groups is 2. The zero-order valence-electron chi connectivity index (χ0n) is 15.9. The number of nitrogens with zero attached hydrogens (tertiary/aromatic N) is 1. The molecule has 2 aromatic rings. The van der Waals surface area contributed by atoms with Crippen molar-refractivity contribution in [1.29, 1.82) is 0 Å². The van der Waals surface area contributed by atoms with Gasteiger partial charge in [0.25, 0.3) is 0 Å². The number of ether oxygens (including phenoxy) is 3. The van der Waals surface area contributed by atoms with Crippen molar-refractivity contribution in [1.82, 2.24) is 4.90 Å². The molecule has 0 aliphatic heterocycles. The van der Waals surface area contributed by atoms with E-state index in [-0.39, 0.29) is 24.9 Å². The molecule has 0 saturated heterocycles. The molecule has 0 bridgehead atoms. The maximum Gasteiger partial charge on any atom is 0.244 e. The van der Waals surface area contributed by atoms with E-state index in [0.717, 1.165) is 5.56 Å². The fraction of sp³-hybridized carbons (Fsp3) is 0.300. The van der Waals surface area contributed by atoms with Crippen LogP contribution < -0.4 is 19.5 Å². The fourth-order valence-electron chi connectivity index (χ4n) is 2.53. The first-order chi connectivity index (χ1) is 13.0. The summed E-state index contributed by atoms with van der Waals surface area (Å²) in [7, 11) is 4.68. The molecule has 2 aromatic carbocycles. The zero-order valence-corrected chi connectivity index (χ0v) is 15.9. The lowest BCUT2D eigenvalue weighted by Gasteiger charge is -2.21. The second kappa shape index (κ2) is 9.47. The lowest BCUT2D eigenvalue weighted by atomic mass is 10.2. The van der Waals surface area contributed by atoms with E-state index in [4.69, 9.17) is 14.2 Å². The molecular weight excluding hydrogens is 348 g/mol. The number of hydrogen-bond donors (Lipinski definition) is 1. The SMILES string of the molecule is COc1ccc(NC(=O)CN(Cc2ccc(OC)c(OC)c2)C(C)=O)cc1. The molecule has 27 heavy (non-hydrogen) atoms. The van der Waals surface area contributed by atoms with Gasteiger partial charge in [0.15, 0.2) is 11.5 Å². The summed E-state index contributed by atoms with van der Waals surface area (Å²) in [6, 6.07) is 12.4. The van der Waals surface area contributed by atoms with E-state index in [9.17, 15) is 9.59 Å². The third-order valence-electron chi connectivity index (χ3n) is 3.97. The Morgan fingerprint density at radius 3 is 2.15 bits per heavy atom. The van der Waals surface area contributed by atoms with E-state index in [2.05, 4.69) is 5.32 Å². The van der Waals surface area contributed by atoms with Crippen LogP contribution in [0.4, 0.5) is 5.69 Å². The van der Waals surface area contributed by atoms with E-state index >= 15 is 0 Å². The van der Waals surface area contributed by atoms with Crippen molar-refractivity contribution in [3.8, 4) is 17.2 Å². The van der Waals surface area contributed by atoms with Crippen molar-refractivity contribution >= 4 is 17.5 Å². The van der Waals surface area contributed by atoms with Crippen LogP contribution in [-0.4, -0.2) is 44.6 Å². The number of anilines is 1. The van der Waals surface area contributed by atoms with Crippen LogP contribution in [-0.2, 0) is 16.1 Å². The Balaban J connectivity index is 2.04. The van der Waals surface area contributed by atoms with Crippen molar-refractivity contribution < 1.29 is 23.8 Å². The molecule has 144 valence electrons. The van der Waals surface area contributed by atoms with Crippen LogP contribution >= 0.6 is 0 Å². The standard InChI is InChI=1S/C20H24N2O5/c1-14(23)22(12-15-5-10-18(26-3)19(11-15)27-4)13-20(24)21-16-6-8-17(25-2)9-7-16/h5-11H,12-13H2,1-4H3,(H,21,24). The van der Waals surface area contributed by atoms with Gasteiger partial charge < -0.3 is 24.4 Å². The average molecular weight is 372 g/mol.